The summed E-state index contributed by atoms with van der Waals surface area (Å²) in [6, 6.07) is 23.7. The molecule has 29 heavy (non-hydrogen) atoms. The van der Waals surface area contributed by atoms with E-state index in [9.17, 15) is 0 Å². The summed E-state index contributed by atoms with van der Waals surface area (Å²) in [5.74, 6) is 2.05. The summed E-state index contributed by atoms with van der Waals surface area (Å²) < 4.78 is 11.9. The molecule has 4 nitrogen and oxygen atoms in total. The smallest absolute Gasteiger partial charge is 0.227 e. The van der Waals surface area contributed by atoms with Gasteiger partial charge in [-0.05, 0) is 60.7 Å². The molecule has 0 unspecified atom stereocenters. The first-order chi connectivity index (χ1) is 14.3. The lowest BCUT2D eigenvalue weighted by Gasteiger charge is -2.33. The van der Waals surface area contributed by atoms with Crippen LogP contribution < -0.4 is 9.64 Å². The lowest BCUT2D eigenvalue weighted by molar-refractivity contribution is 0.431. The first-order valence-electron chi connectivity index (χ1n) is 9.30. The maximum atomic E-state index is 5.99. The van der Waals surface area contributed by atoms with E-state index >= 15 is 0 Å². The molecule has 0 N–H and O–H groups in total. The van der Waals surface area contributed by atoms with E-state index in [1.807, 2.05) is 72.8 Å². The summed E-state index contributed by atoms with van der Waals surface area (Å²) in [7, 11) is 0. The summed E-state index contributed by atoms with van der Waals surface area (Å²) in [6.07, 6.45) is 3.48. The Morgan fingerprint density at radius 3 is 2.34 bits per heavy atom. The molecule has 0 atom stereocenters. The number of nitrogens with zero attached hydrogens (tertiary/aromatic N) is 2. The van der Waals surface area contributed by atoms with Crippen LogP contribution in [0.5, 0.6) is 5.75 Å². The molecule has 0 spiro atoms. The van der Waals surface area contributed by atoms with E-state index in [-0.39, 0.29) is 0 Å². The molecule has 4 heteroatoms. The predicted octanol–water partition coefficient (Wildman–Crippen LogP) is 6.61. The van der Waals surface area contributed by atoms with Crippen LogP contribution in [0.1, 0.15) is 0 Å². The summed E-state index contributed by atoms with van der Waals surface area (Å²) in [4.78, 5) is 6.69. The molecule has 3 aromatic carbocycles. The van der Waals surface area contributed by atoms with E-state index in [1.54, 1.807) is 12.2 Å². The van der Waals surface area contributed by atoms with Gasteiger partial charge in [-0.1, -0.05) is 37.4 Å². The highest BCUT2D eigenvalue weighted by molar-refractivity contribution is 5.80. The second-order valence-electron chi connectivity index (χ2n) is 6.60. The third-order valence-electron chi connectivity index (χ3n) is 4.86. The van der Waals surface area contributed by atoms with Gasteiger partial charge in [0.25, 0.3) is 0 Å². The molecular formula is C25H18N2O2. The predicted molar refractivity (Wildman–Crippen MR) is 116 cm³/mol. The zero-order chi connectivity index (χ0) is 19.8. The normalized spacial score (nSPS) is 13.2. The van der Waals surface area contributed by atoms with Gasteiger partial charge in [0.1, 0.15) is 5.52 Å². The maximum absolute atomic E-state index is 5.99. The molecule has 0 bridgehead atoms. The molecule has 1 aliphatic rings. The van der Waals surface area contributed by atoms with Crippen molar-refractivity contribution in [2.75, 3.05) is 4.90 Å². The highest BCUT2D eigenvalue weighted by Crippen LogP contribution is 2.43. The molecule has 0 amide bonds. The minimum Gasteiger partial charge on any atom is -0.453 e. The number of ether oxygens (including phenoxy) is 1. The van der Waals surface area contributed by atoms with Crippen molar-refractivity contribution in [1.29, 1.82) is 0 Å². The van der Waals surface area contributed by atoms with Crippen molar-refractivity contribution in [3.8, 4) is 17.2 Å². The SMILES string of the molecule is C=CC1=C(C=C)N(c2ccc(-c3nc4ccccc4o3)cc2)c2ccccc2O1. The third kappa shape index (κ3) is 2.82. The van der Waals surface area contributed by atoms with E-state index in [0.717, 1.165) is 39.5 Å². The van der Waals surface area contributed by atoms with Gasteiger partial charge in [-0.25, -0.2) is 4.98 Å². The highest BCUT2D eigenvalue weighted by atomic mass is 16.5. The van der Waals surface area contributed by atoms with Crippen LogP contribution in [-0.4, -0.2) is 4.98 Å². The van der Waals surface area contributed by atoms with Crippen molar-refractivity contribution < 1.29 is 9.15 Å². The molecule has 0 radical (unpaired) electrons. The van der Waals surface area contributed by atoms with Crippen molar-refractivity contribution in [2.24, 2.45) is 0 Å². The van der Waals surface area contributed by atoms with Crippen molar-refractivity contribution in [3.63, 3.8) is 0 Å². The molecule has 0 saturated carbocycles. The van der Waals surface area contributed by atoms with Crippen molar-refractivity contribution in [1.82, 2.24) is 4.98 Å². The number of hydrogen-bond donors (Lipinski definition) is 0. The van der Waals surface area contributed by atoms with Gasteiger partial charge in [-0.15, -0.1) is 0 Å². The Morgan fingerprint density at radius 1 is 0.828 bits per heavy atom. The maximum Gasteiger partial charge on any atom is 0.227 e. The van der Waals surface area contributed by atoms with E-state index in [2.05, 4.69) is 23.0 Å². The molecule has 0 aliphatic carbocycles. The van der Waals surface area contributed by atoms with Gasteiger partial charge in [-0.2, -0.15) is 0 Å². The van der Waals surface area contributed by atoms with Gasteiger partial charge in [0.2, 0.25) is 5.89 Å². The fraction of sp³-hybridized carbons (Fsp3) is 0. The number of fused-ring (bicyclic) bond motifs is 2. The largest absolute Gasteiger partial charge is 0.453 e. The van der Waals surface area contributed by atoms with E-state index in [1.165, 1.54) is 0 Å². The van der Waals surface area contributed by atoms with Gasteiger partial charge in [0.05, 0.1) is 11.4 Å². The highest BCUT2D eigenvalue weighted by Gasteiger charge is 2.25. The van der Waals surface area contributed by atoms with E-state index in [0.29, 0.717) is 11.6 Å². The van der Waals surface area contributed by atoms with Crippen LogP contribution in [0.3, 0.4) is 0 Å². The minimum absolute atomic E-state index is 0.603. The Kier molecular flexibility index (Phi) is 4.03. The Balaban J connectivity index is 1.59. The molecule has 5 rings (SSSR count). The van der Waals surface area contributed by atoms with Gasteiger partial charge >= 0.3 is 0 Å². The van der Waals surface area contributed by atoms with E-state index in [4.69, 9.17) is 9.15 Å². The van der Waals surface area contributed by atoms with E-state index < -0.39 is 0 Å². The van der Waals surface area contributed by atoms with Gasteiger partial charge in [-0.3, -0.25) is 0 Å². The molecule has 2 heterocycles. The number of anilines is 2. The number of benzene rings is 3. The molecule has 0 saturated heterocycles. The molecular weight excluding hydrogens is 360 g/mol. The number of para-hydroxylation sites is 4. The quantitative estimate of drug-likeness (QED) is 0.400. The minimum atomic E-state index is 0.603. The fourth-order valence-electron chi connectivity index (χ4n) is 3.50. The molecule has 1 aliphatic heterocycles. The average molecular weight is 378 g/mol. The van der Waals surface area contributed by atoms with Gasteiger partial charge < -0.3 is 14.1 Å². The van der Waals surface area contributed by atoms with Crippen LogP contribution in [-0.2, 0) is 0 Å². The number of allylic oxidation sites excluding steroid dienone is 2. The van der Waals surface area contributed by atoms with Crippen molar-refractivity contribution in [3.05, 3.63) is 110 Å². The molecule has 140 valence electrons. The van der Waals surface area contributed by atoms with Crippen LogP contribution >= 0.6 is 0 Å². The van der Waals surface area contributed by atoms with Crippen LogP contribution in [0, 0.1) is 0 Å². The summed E-state index contributed by atoms with van der Waals surface area (Å²) in [5, 5.41) is 0. The van der Waals surface area contributed by atoms with Crippen LogP contribution in [0.4, 0.5) is 11.4 Å². The molecule has 0 fully saturated rings. The summed E-state index contributed by atoms with van der Waals surface area (Å²) >= 11 is 0. The first kappa shape index (κ1) is 17.1. The zero-order valence-corrected chi connectivity index (χ0v) is 15.7. The topological polar surface area (TPSA) is 38.5 Å². The standard InChI is InChI=1S/C25H18N2O2/c1-3-20-22(4-2)28-24-12-8-6-10-21(24)27(20)18-15-13-17(14-16-18)25-26-19-9-5-7-11-23(19)29-25/h3-16H,1-2H2. The number of rotatable bonds is 4. The second-order valence-corrected chi connectivity index (χ2v) is 6.60. The van der Waals surface area contributed by atoms with Crippen molar-refractivity contribution >= 4 is 22.5 Å². The van der Waals surface area contributed by atoms with Gasteiger partial charge in [0, 0.05) is 11.3 Å². The molecule has 4 aromatic rings. The molecule has 1 aromatic heterocycles. The Bertz CT molecular complexity index is 1230. The number of hydrogen-bond acceptors (Lipinski definition) is 4. The first-order valence-corrected chi connectivity index (χ1v) is 9.30. The van der Waals surface area contributed by atoms with Crippen molar-refractivity contribution in [2.45, 2.75) is 0 Å². The lowest BCUT2D eigenvalue weighted by Crippen LogP contribution is -2.22. The Hall–Kier alpha value is -4.05. The monoisotopic (exact) mass is 378 g/mol. The van der Waals surface area contributed by atoms with Crippen LogP contribution in [0.2, 0.25) is 0 Å². The number of aromatic nitrogens is 1. The average Bonchev–Trinajstić information content (AvgIpc) is 3.22. The lowest BCUT2D eigenvalue weighted by atomic mass is 10.1. The van der Waals surface area contributed by atoms with Gasteiger partial charge in [0.15, 0.2) is 17.1 Å². The van der Waals surface area contributed by atoms with Crippen LogP contribution in [0.25, 0.3) is 22.6 Å². The Labute approximate surface area is 168 Å². The number of oxazole rings is 1. The second kappa shape index (κ2) is 6.84. The third-order valence-corrected chi connectivity index (χ3v) is 4.86. The van der Waals surface area contributed by atoms with Crippen LogP contribution in [0.15, 0.2) is 114 Å². The summed E-state index contributed by atoms with van der Waals surface area (Å²) in [6.45, 7) is 7.85. The zero-order valence-electron chi connectivity index (χ0n) is 15.7. The summed E-state index contributed by atoms with van der Waals surface area (Å²) in [5.41, 5.74) is 5.31. The Morgan fingerprint density at radius 2 is 1.59 bits per heavy atom. The fourth-order valence-corrected chi connectivity index (χ4v) is 3.50.